The molecule has 4 heteroatoms. The Bertz CT molecular complexity index is 377. The Morgan fingerprint density at radius 3 is 2.87 bits per heavy atom. The average molecular weight is 213 g/mol. The molecule has 0 amide bonds. The van der Waals surface area contributed by atoms with Crippen molar-refractivity contribution in [1.29, 1.82) is 0 Å². The first-order chi connectivity index (χ1) is 7.02. The van der Waals surface area contributed by atoms with Crippen molar-refractivity contribution in [3.63, 3.8) is 0 Å². The van der Waals surface area contributed by atoms with Crippen LogP contribution < -0.4 is 10.5 Å². The van der Waals surface area contributed by atoms with E-state index in [-0.39, 0.29) is 30.4 Å². The summed E-state index contributed by atoms with van der Waals surface area (Å²) in [5, 5.41) is 0. The molecule has 0 saturated heterocycles. The smallest absolute Gasteiger partial charge is 0.280 e. The van der Waals surface area contributed by atoms with Gasteiger partial charge >= 0.3 is 0 Å². The molecular formula is C11H13F2NO. The highest BCUT2D eigenvalue weighted by Crippen LogP contribution is 2.43. The second kappa shape index (κ2) is 3.45. The second-order valence-corrected chi connectivity index (χ2v) is 3.82. The molecule has 82 valence electrons. The van der Waals surface area contributed by atoms with Crippen molar-refractivity contribution in [2.24, 2.45) is 5.73 Å². The van der Waals surface area contributed by atoms with Gasteiger partial charge in [0.25, 0.3) is 5.92 Å². The minimum Gasteiger partial charge on any atom is -0.492 e. The maximum atomic E-state index is 13.5. The molecule has 2 rings (SSSR count). The van der Waals surface area contributed by atoms with Crippen LogP contribution in [0.15, 0.2) is 18.2 Å². The van der Waals surface area contributed by atoms with Crippen LogP contribution in [0.1, 0.15) is 30.5 Å². The van der Waals surface area contributed by atoms with Crippen molar-refractivity contribution in [3.8, 4) is 5.75 Å². The number of alkyl halides is 2. The van der Waals surface area contributed by atoms with Crippen LogP contribution in [0.25, 0.3) is 0 Å². The highest BCUT2D eigenvalue weighted by Gasteiger charge is 2.39. The Morgan fingerprint density at radius 1 is 1.47 bits per heavy atom. The predicted molar refractivity (Wildman–Crippen MR) is 53.1 cm³/mol. The summed E-state index contributed by atoms with van der Waals surface area (Å²) in [5.41, 5.74) is 6.31. The Kier molecular flexibility index (Phi) is 2.38. The SMILES string of the molecule is C[C@@H](N)c1cccc2c1OCCC2(F)F. The zero-order chi connectivity index (χ0) is 11.1. The van der Waals surface area contributed by atoms with Crippen LogP contribution in [0, 0.1) is 0 Å². The van der Waals surface area contributed by atoms with E-state index in [0.717, 1.165) is 0 Å². The summed E-state index contributed by atoms with van der Waals surface area (Å²) >= 11 is 0. The van der Waals surface area contributed by atoms with Crippen LogP contribution in [-0.4, -0.2) is 6.61 Å². The molecule has 1 aromatic carbocycles. The number of hydrogen-bond donors (Lipinski definition) is 1. The first kappa shape index (κ1) is 10.4. The van der Waals surface area contributed by atoms with Crippen molar-refractivity contribution in [2.45, 2.75) is 25.3 Å². The van der Waals surface area contributed by atoms with E-state index in [2.05, 4.69) is 0 Å². The molecule has 0 unspecified atom stereocenters. The van der Waals surface area contributed by atoms with E-state index in [0.29, 0.717) is 5.56 Å². The fourth-order valence-electron chi connectivity index (χ4n) is 1.78. The number of fused-ring (bicyclic) bond motifs is 1. The van der Waals surface area contributed by atoms with Crippen LogP contribution in [0.2, 0.25) is 0 Å². The number of halogens is 2. The molecule has 2 nitrogen and oxygen atoms in total. The maximum absolute atomic E-state index is 13.5. The van der Waals surface area contributed by atoms with Gasteiger partial charge in [0.15, 0.2) is 0 Å². The van der Waals surface area contributed by atoms with Gasteiger partial charge in [0.2, 0.25) is 0 Å². The van der Waals surface area contributed by atoms with Crippen LogP contribution >= 0.6 is 0 Å². The van der Waals surface area contributed by atoms with E-state index >= 15 is 0 Å². The number of rotatable bonds is 1. The molecular weight excluding hydrogens is 200 g/mol. The molecule has 1 heterocycles. The minimum absolute atomic E-state index is 0.0384. The highest BCUT2D eigenvalue weighted by molar-refractivity contribution is 5.46. The first-order valence-electron chi connectivity index (χ1n) is 4.92. The number of ether oxygens (including phenoxy) is 1. The van der Waals surface area contributed by atoms with E-state index in [1.807, 2.05) is 0 Å². The third-order valence-corrected chi connectivity index (χ3v) is 2.59. The van der Waals surface area contributed by atoms with Crippen molar-refractivity contribution < 1.29 is 13.5 Å². The molecule has 15 heavy (non-hydrogen) atoms. The summed E-state index contributed by atoms with van der Waals surface area (Å²) < 4.78 is 32.3. The Hall–Kier alpha value is -1.16. The fraction of sp³-hybridized carbons (Fsp3) is 0.455. The molecule has 1 aliphatic rings. The average Bonchev–Trinajstić information content (AvgIpc) is 2.16. The van der Waals surface area contributed by atoms with Crippen LogP contribution in [0.4, 0.5) is 8.78 Å². The molecule has 1 aromatic rings. The van der Waals surface area contributed by atoms with E-state index in [1.54, 1.807) is 19.1 Å². The monoisotopic (exact) mass is 213 g/mol. The van der Waals surface area contributed by atoms with Crippen LogP contribution in [0.3, 0.4) is 0 Å². The van der Waals surface area contributed by atoms with Crippen molar-refractivity contribution in [3.05, 3.63) is 29.3 Å². The van der Waals surface area contributed by atoms with Gasteiger partial charge in [-0.2, -0.15) is 0 Å². The van der Waals surface area contributed by atoms with E-state index in [9.17, 15) is 8.78 Å². The lowest BCUT2D eigenvalue weighted by Crippen LogP contribution is -2.25. The summed E-state index contributed by atoms with van der Waals surface area (Å²) in [5.74, 6) is -2.53. The number of hydrogen-bond acceptors (Lipinski definition) is 2. The minimum atomic E-state index is -2.79. The second-order valence-electron chi connectivity index (χ2n) is 3.82. The molecule has 0 fully saturated rings. The van der Waals surface area contributed by atoms with Gasteiger partial charge in [-0.1, -0.05) is 12.1 Å². The summed E-state index contributed by atoms with van der Waals surface area (Å²) in [4.78, 5) is 0. The van der Waals surface area contributed by atoms with Crippen LogP contribution in [0.5, 0.6) is 5.75 Å². The number of benzene rings is 1. The summed E-state index contributed by atoms with van der Waals surface area (Å²) in [6.45, 7) is 1.80. The molecule has 0 bridgehead atoms. The number of nitrogens with two attached hydrogens (primary N) is 1. The van der Waals surface area contributed by atoms with E-state index in [4.69, 9.17) is 10.5 Å². The molecule has 0 aliphatic carbocycles. The molecule has 0 spiro atoms. The van der Waals surface area contributed by atoms with Gasteiger partial charge in [0.1, 0.15) is 5.75 Å². The lowest BCUT2D eigenvalue weighted by Gasteiger charge is -2.28. The van der Waals surface area contributed by atoms with Gasteiger partial charge in [-0.3, -0.25) is 0 Å². The van der Waals surface area contributed by atoms with E-state index in [1.165, 1.54) is 6.07 Å². The summed E-state index contributed by atoms with van der Waals surface area (Å²) in [6.07, 6.45) is -0.262. The lowest BCUT2D eigenvalue weighted by atomic mass is 9.96. The molecule has 2 N–H and O–H groups in total. The van der Waals surface area contributed by atoms with E-state index < -0.39 is 5.92 Å². The molecule has 0 saturated carbocycles. The Labute approximate surface area is 87.0 Å². The Balaban J connectivity index is 2.56. The molecule has 0 radical (unpaired) electrons. The van der Waals surface area contributed by atoms with Gasteiger partial charge in [0, 0.05) is 11.6 Å². The van der Waals surface area contributed by atoms with Gasteiger partial charge < -0.3 is 10.5 Å². The van der Waals surface area contributed by atoms with Gasteiger partial charge in [0.05, 0.1) is 18.6 Å². The van der Waals surface area contributed by atoms with Gasteiger partial charge in [-0.25, -0.2) is 8.78 Å². The quantitative estimate of drug-likeness (QED) is 0.778. The maximum Gasteiger partial charge on any atom is 0.280 e. The largest absolute Gasteiger partial charge is 0.492 e. The van der Waals surface area contributed by atoms with Crippen LogP contribution in [-0.2, 0) is 5.92 Å². The molecule has 0 aromatic heterocycles. The third-order valence-electron chi connectivity index (χ3n) is 2.59. The highest BCUT2D eigenvalue weighted by atomic mass is 19.3. The topological polar surface area (TPSA) is 35.2 Å². The fourth-order valence-corrected chi connectivity index (χ4v) is 1.78. The standard InChI is InChI=1S/C11H13F2NO/c1-7(14)8-3-2-4-9-10(8)15-6-5-11(9,12)13/h2-4,7H,5-6,14H2,1H3/t7-/m1/s1. The van der Waals surface area contributed by atoms with Gasteiger partial charge in [-0.05, 0) is 13.0 Å². The molecule has 1 aliphatic heterocycles. The van der Waals surface area contributed by atoms with Crippen molar-refractivity contribution >= 4 is 0 Å². The zero-order valence-electron chi connectivity index (χ0n) is 8.47. The number of para-hydroxylation sites is 1. The summed E-state index contributed by atoms with van der Waals surface area (Å²) in [6, 6.07) is 4.43. The third kappa shape index (κ3) is 1.69. The predicted octanol–water partition coefficient (Wildman–Crippen LogP) is 2.58. The Morgan fingerprint density at radius 2 is 2.20 bits per heavy atom. The molecule has 1 atom stereocenters. The van der Waals surface area contributed by atoms with Crippen molar-refractivity contribution in [1.82, 2.24) is 0 Å². The normalized spacial score (nSPS) is 20.3. The summed E-state index contributed by atoms with van der Waals surface area (Å²) in [7, 11) is 0. The zero-order valence-corrected chi connectivity index (χ0v) is 8.47. The lowest BCUT2D eigenvalue weighted by molar-refractivity contribution is -0.0408. The van der Waals surface area contributed by atoms with Gasteiger partial charge in [-0.15, -0.1) is 0 Å². The first-order valence-corrected chi connectivity index (χ1v) is 4.92. The van der Waals surface area contributed by atoms with Crippen molar-refractivity contribution in [2.75, 3.05) is 6.61 Å².